The highest BCUT2D eigenvalue weighted by Gasteiger charge is 1.99. The van der Waals surface area contributed by atoms with Gasteiger partial charge in [0, 0.05) is 11.9 Å². The number of ether oxygens (including phenoxy) is 1. The summed E-state index contributed by atoms with van der Waals surface area (Å²) in [6.45, 7) is 3.84. The first-order chi connectivity index (χ1) is 7.87. The quantitative estimate of drug-likeness (QED) is 0.826. The van der Waals surface area contributed by atoms with Crippen LogP contribution in [-0.2, 0) is 10.2 Å². The zero-order valence-corrected chi connectivity index (χ0v) is 10.4. The minimum atomic E-state index is -4.59. The second-order valence-corrected chi connectivity index (χ2v) is 4.84. The molecule has 6 heteroatoms. The van der Waals surface area contributed by atoms with E-state index in [2.05, 4.69) is 5.32 Å². The average Bonchev–Trinajstić information content (AvgIpc) is 2.18. The van der Waals surface area contributed by atoms with E-state index in [-0.39, 0.29) is 6.10 Å². The van der Waals surface area contributed by atoms with Crippen LogP contribution < -0.4 is 10.1 Å². The largest absolute Gasteiger partial charge is 0.491 e. The van der Waals surface area contributed by atoms with Gasteiger partial charge in [-0.2, -0.15) is 8.42 Å². The van der Waals surface area contributed by atoms with Gasteiger partial charge in [-0.3, -0.25) is 0 Å². The predicted molar refractivity (Wildman–Crippen MR) is 65.0 cm³/mol. The van der Waals surface area contributed by atoms with Crippen molar-refractivity contribution in [1.29, 1.82) is 0 Å². The molecule has 0 radical (unpaired) electrons. The molecule has 1 aromatic rings. The van der Waals surface area contributed by atoms with Crippen LogP contribution in [-0.4, -0.2) is 14.5 Å². The van der Waals surface area contributed by atoms with Crippen molar-refractivity contribution in [1.82, 2.24) is 0 Å². The SMILES string of the molecule is CC(C)Oc1ccc(NC=CS(=O)(=O)F)cc1. The summed E-state index contributed by atoms with van der Waals surface area (Å²) >= 11 is 0. The minimum absolute atomic E-state index is 0.0883. The summed E-state index contributed by atoms with van der Waals surface area (Å²) in [6.07, 6.45) is 1.11. The molecule has 0 aliphatic rings. The van der Waals surface area contributed by atoms with Crippen LogP contribution >= 0.6 is 0 Å². The highest BCUT2D eigenvalue weighted by Crippen LogP contribution is 2.16. The molecule has 0 amide bonds. The normalized spacial score (nSPS) is 12.0. The van der Waals surface area contributed by atoms with Gasteiger partial charge in [-0.05, 0) is 38.1 Å². The van der Waals surface area contributed by atoms with Crippen molar-refractivity contribution >= 4 is 15.9 Å². The summed E-state index contributed by atoms with van der Waals surface area (Å²) in [5.41, 5.74) is 0.640. The number of hydrogen-bond acceptors (Lipinski definition) is 4. The number of rotatable bonds is 5. The zero-order valence-electron chi connectivity index (χ0n) is 9.55. The number of hydrogen-bond donors (Lipinski definition) is 1. The first-order valence-electron chi connectivity index (χ1n) is 5.01. The fraction of sp³-hybridized carbons (Fsp3) is 0.273. The number of nitrogens with one attached hydrogen (secondary N) is 1. The van der Waals surface area contributed by atoms with E-state index in [0.29, 0.717) is 16.8 Å². The zero-order chi connectivity index (χ0) is 12.9. The van der Waals surface area contributed by atoms with Gasteiger partial charge < -0.3 is 10.1 Å². The molecular formula is C11H14FNO3S. The van der Waals surface area contributed by atoms with Gasteiger partial charge in [0.1, 0.15) is 5.75 Å². The third kappa shape index (κ3) is 5.91. The molecule has 0 heterocycles. The molecule has 4 nitrogen and oxygen atoms in total. The van der Waals surface area contributed by atoms with Crippen LogP contribution in [0.25, 0.3) is 0 Å². The van der Waals surface area contributed by atoms with Gasteiger partial charge in [0.15, 0.2) is 0 Å². The van der Waals surface area contributed by atoms with Crippen LogP contribution in [0.2, 0.25) is 0 Å². The topological polar surface area (TPSA) is 55.4 Å². The van der Waals surface area contributed by atoms with E-state index in [1.165, 1.54) is 0 Å². The Hall–Kier alpha value is -1.56. The second-order valence-electron chi connectivity index (χ2n) is 3.61. The molecule has 0 unspecified atom stereocenters. The molecule has 0 spiro atoms. The molecule has 0 saturated heterocycles. The summed E-state index contributed by atoms with van der Waals surface area (Å²) in [6, 6.07) is 6.88. The number of anilines is 1. The molecular weight excluding hydrogens is 245 g/mol. The van der Waals surface area contributed by atoms with Crippen molar-refractivity contribution in [3.05, 3.63) is 35.9 Å². The van der Waals surface area contributed by atoms with Crippen LogP contribution in [0.1, 0.15) is 13.8 Å². The standard InChI is InChI=1S/C11H14FNO3S/c1-9(2)16-11-5-3-10(4-6-11)13-7-8-17(12,14)15/h3-9,13H,1-2H3. The molecule has 1 rings (SSSR count). The lowest BCUT2D eigenvalue weighted by Gasteiger charge is -2.09. The third-order valence-corrected chi connectivity index (χ3v) is 2.17. The third-order valence-electron chi connectivity index (χ3n) is 1.71. The maximum atomic E-state index is 12.1. The van der Waals surface area contributed by atoms with Gasteiger partial charge in [0.25, 0.3) is 0 Å². The fourth-order valence-electron chi connectivity index (χ4n) is 1.11. The molecule has 0 saturated carbocycles. The first-order valence-corrected chi connectivity index (χ1v) is 6.46. The molecule has 1 aromatic carbocycles. The Morgan fingerprint density at radius 3 is 2.35 bits per heavy atom. The lowest BCUT2D eigenvalue weighted by atomic mass is 10.3. The van der Waals surface area contributed by atoms with E-state index in [9.17, 15) is 12.3 Å². The van der Waals surface area contributed by atoms with E-state index in [1.54, 1.807) is 24.3 Å². The van der Waals surface area contributed by atoms with Gasteiger partial charge >= 0.3 is 10.2 Å². The molecule has 17 heavy (non-hydrogen) atoms. The van der Waals surface area contributed by atoms with E-state index >= 15 is 0 Å². The Morgan fingerprint density at radius 2 is 1.88 bits per heavy atom. The van der Waals surface area contributed by atoms with Crippen LogP contribution in [0, 0.1) is 0 Å². The van der Waals surface area contributed by atoms with Gasteiger partial charge in [0.2, 0.25) is 0 Å². The summed E-state index contributed by atoms with van der Waals surface area (Å²) in [5, 5.41) is 3.08. The highest BCUT2D eigenvalue weighted by atomic mass is 32.3. The van der Waals surface area contributed by atoms with E-state index < -0.39 is 10.2 Å². The maximum Gasteiger partial charge on any atom is 0.326 e. The van der Waals surface area contributed by atoms with Crippen LogP contribution in [0.3, 0.4) is 0 Å². The van der Waals surface area contributed by atoms with Crippen molar-refractivity contribution in [2.24, 2.45) is 0 Å². The maximum absolute atomic E-state index is 12.1. The summed E-state index contributed by atoms with van der Waals surface area (Å²) in [5.74, 6) is 0.715. The van der Waals surface area contributed by atoms with Crippen molar-refractivity contribution in [2.75, 3.05) is 5.32 Å². The summed E-state index contributed by atoms with van der Waals surface area (Å²) in [7, 11) is -4.59. The van der Waals surface area contributed by atoms with Crippen LogP contribution in [0.5, 0.6) is 5.75 Å². The molecule has 94 valence electrons. The predicted octanol–water partition coefficient (Wildman–Crippen LogP) is 2.66. The van der Waals surface area contributed by atoms with Crippen molar-refractivity contribution < 1.29 is 17.0 Å². The summed E-state index contributed by atoms with van der Waals surface area (Å²) in [4.78, 5) is 0. The van der Waals surface area contributed by atoms with Gasteiger partial charge in [-0.15, -0.1) is 3.89 Å². The molecule has 0 aliphatic carbocycles. The van der Waals surface area contributed by atoms with Crippen molar-refractivity contribution in [3.63, 3.8) is 0 Å². The molecule has 0 aromatic heterocycles. The molecule has 0 fully saturated rings. The fourth-order valence-corrected chi connectivity index (χ4v) is 1.34. The van der Waals surface area contributed by atoms with E-state index in [0.717, 1.165) is 6.20 Å². The Labute approximate surface area is 100 Å². The van der Waals surface area contributed by atoms with Gasteiger partial charge in [-0.1, -0.05) is 0 Å². The van der Waals surface area contributed by atoms with Gasteiger partial charge in [0.05, 0.1) is 11.5 Å². The lowest BCUT2D eigenvalue weighted by Crippen LogP contribution is -2.05. The Bertz CT molecular complexity index is 480. The van der Waals surface area contributed by atoms with E-state index in [4.69, 9.17) is 4.74 Å². The van der Waals surface area contributed by atoms with Gasteiger partial charge in [-0.25, -0.2) is 0 Å². The van der Waals surface area contributed by atoms with Crippen LogP contribution in [0.4, 0.5) is 9.57 Å². The van der Waals surface area contributed by atoms with E-state index in [1.807, 2.05) is 13.8 Å². The Morgan fingerprint density at radius 1 is 1.29 bits per heavy atom. The molecule has 1 N–H and O–H groups in total. The minimum Gasteiger partial charge on any atom is -0.491 e. The molecule has 0 aliphatic heterocycles. The highest BCUT2D eigenvalue weighted by molar-refractivity contribution is 7.89. The number of benzene rings is 1. The molecule has 0 atom stereocenters. The monoisotopic (exact) mass is 259 g/mol. The number of halogens is 1. The van der Waals surface area contributed by atoms with Crippen molar-refractivity contribution in [3.8, 4) is 5.75 Å². The first kappa shape index (κ1) is 13.5. The summed E-state index contributed by atoms with van der Waals surface area (Å²) < 4.78 is 37.9. The van der Waals surface area contributed by atoms with Crippen LogP contribution in [0.15, 0.2) is 35.9 Å². The Balaban J connectivity index is 2.60. The Kier molecular flexibility index (Phi) is 4.51. The van der Waals surface area contributed by atoms with Crippen molar-refractivity contribution in [2.45, 2.75) is 20.0 Å². The second kappa shape index (κ2) is 5.67. The molecule has 0 bridgehead atoms. The lowest BCUT2D eigenvalue weighted by molar-refractivity contribution is 0.242. The average molecular weight is 259 g/mol. The smallest absolute Gasteiger partial charge is 0.326 e.